The number of aryl methyl sites for hydroxylation is 2. The summed E-state index contributed by atoms with van der Waals surface area (Å²) in [6.07, 6.45) is 1.23. The van der Waals surface area contributed by atoms with Crippen LogP contribution in [0.1, 0.15) is 38.6 Å². The van der Waals surface area contributed by atoms with E-state index in [9.17, 15) is 4.79 Å². The Kier molecular flexibility index (Phi) is 5.82. The van der Waals surface area contributed by atoms with Crippen LogP contribution in [0.5, 0.6) is 0 Å². The van der Waals surface area contributed by atoms with E-state index in [0.717, 1.165) is 5.69 Å². The van der Waals surface area contributed by atoms with Gasteiger partial charge in [-0.25, -0.2) is 4.79 Å². The number of nitrogens with zero attached hydrogens (tertiary/aromatic N) is 1. The van der Waals surface area contributed by atoms with E-state index in [4.69, 9.17) is 9.63 Å². The van der Waals surface area contributed by atoms with Crippen LogP contribution in [0.4, 0.5) is 10.5 Å². The lowest BCUT2D eigenvalue weighted by molar-refractivity contribution is 0.227. The molecule has 1 heterocycles. The topological polar surface area (TPSA) is 87.4 Å². The first-order valence-corrected chi connectivity index (χ1v) is 6.63. The number of amides is 2. The summed E-state index contributed by atoms with van der Waals surface area (Å²) in [5.41, 5.74) is 1.36. The van der Waals surface area contributed by atoms with Gasteiger partial charge in [0, 0.05) is 12.6 Å². The van der Waals surface area contributed by atoms with Crippen molar-refractivity contribution in [1.29, 1.82) is 0 Å². The number of aliphatic hydroxyl groups is 1. The smallest absolute Gasteiger partial charge is 0.319 e. The van der Waals surface area contributed by atoms with Crippen LogP contribution >= 0.6 is 0 Å². The van der Waals surface area contributed by atoms with Crippen LogP contribution in [-0.2, 0) is 6.42 Å². The van der Waals surface area contributed by atoms with Gasteiger partial charge in [-0.15, -0.1) is 0 Å². The highest BCUT2D eigenvalue weighted by atomic mass is 16.5. The molecule has 0 aliphatic rings. The van der Waals surface area contributed by atoms with Crippen molar-refractivity contribution in [2.75, 3.05) is 11.9 Å². The first-order valence-electron chi connectivity index (χ1n) is 6.63. The number of anilines is 1. The van der Waals surface area contributed by atoms with Crippen molar-refractivity contribution in [3.05, 3.63) is 11.5 Å². The van der Waals surface area contributed by atoms with Crippen LogP contribution in [0.15, 0.2) is 4.52 Å². The van der Waals surface area contributed by atoms with E-state index in [-0.39, 0.29) is 24.6 Å². The fourth-order valence-electron chi connectivity index (χ4n) is 1.85. The van der Waals surface area contributed by atoms with Crippen molar-refractivity contribution >= 4 is 11.7 Å². The first-order chi connectivity index (χ1) is 8.99. The second kappa shape index (κ2) is 7.13. The number of hydrogen-bond donors (Lipinski definition) is 3. The predicted molar refractivity (Wildman–Crippen MR) is 73.1 cm³/mol. The van der Waals surface area contributed by atoms with Crippen LogP contribution in [0, 0.1) is 12.8 Å². The average Bonchev–Trinajstić information content (AvgIpc) is 2.70. The highest BCUT2D eigenvalue weighted by molar-refractivity contribution is 5.90. The van der Waals surface area contributed by atoms with E-state index in [1.807, 2.05) is 20.8 Å². The first kappa shape index (κ1) is 15.5. The van der Waals surface area contributed by atoms with Gasteiger partial charge < -0.3 is 20.3 Å². The van der Waals surface area contributed by atoms with Gasteiger partial charge in [0.1, 0.15) is 11.4 Å². The Hall–Kier alpha value is -1.56. The van der Waals surface area contributed by atoms with E-state index < -0.39 is 0 Å². The summed E-state index contributed by atoms with van der Waals surface area (Å²) in [5, 5.41) is 18.5. The number of carbonyl (C=O) groups excluding carboxylic acids is 1. The molecule has 0 saturated carbocycles. The lowest BCUT2D eigenvalue weighted by Crippen LogP contribution is -2.41. The quantitative estimate of drug-likeness (QED) is 0.737. The maximum Gasteiger partial charge on any atom is 0.319 e. The Morgan fingerprint density at radius 3 is 2.68 bits per heavy atom. The molecule has 1 aromatic rings. The van der Waals surface area contributed by atoms with Gasteiger partial charge in [0.05, 0.1) is 0 Å². The van der Waals surface area contributed by atoms with Crippen molar-refractivity contribution in [3.8, 4) is 0 Å². The third-order valence-electron chi connectivity index (χ3n) is 3.07. The molecule has 0 fully saturated rings. The standard InChI is InChI=1S/C13H23N3O3/c1-5-10-12(9(4)19-16-10)15-13(18)14-11(6-7-17)8(2)3/h8,11,17H,5-7H2,1-4H3,(H2,14,15,18). The Balaban J connectivity index is 2.66. The minimum absolute atomic E-state index is 0.0512. The largest absolute Gasteiger partial charge is 0.396 e. The molecule has 1 rings (SSSR count). The Labute approximate surface area is 113 Å². The summed E-state index contributed by atoms with van der Waals surface area (Å²) in [6, 6.07) is -0.358. The summed E-state index contributed by atoms with van der Waals surface area (Å²) in [6.45, 7) is 7.76. The number of aromatic nitrogens is 1. The number of hydrogen-bond acceptors (Lipinski definition) is 4. The normalized spacial score (nSPS) is 12.5. The van der Waals surface area contributed by atoms with E-state index in [0.29, 0.717) is 24.3 Å². The van der Waals surface area contributed by atoms with E-state index in [2.05, 4.69) is 15.8 Å². The zero-order chi connectivity index (χ0) is 14.4. The molecule has 0 aliphatic heterocycles. The molecule has 1 aromatic heterocycles. The van der Waals surface area contributed by atoms with E-state index in [1.165, 1.54) is 0 Å². The van der Waals surface area contributed by atoms with Gasteiger partial charge in [-0.1, -0.05) is 25.9 Å². The SMILES string of the molecule is CCc1noc(C)c1NC(=O)NC(CCO)C(C)C. The minimum Gasteiger partial charge on any atom is -0.396 e. The molecule has 1 atom stereocenters. The third kappa shape index (κ3) is 4.24. The Morgan fingerprint density at radius 2 is 2.16 bits per heavy atom. The van der Waals surface area contributed by atoms with Gasteiger partial charge in [0.25, 0.3) is 0 Å². The van der Waals surface area contributed by atoms with Gasteiger partial charge in [0.2, 0.25) is 0 Å². The molecule has 0 radical (unpaired) electrons. The summed E-state index contributed by atoms with van der Waals surface area (Å²) >= 11 is 0. The molecule has 1 unspecified atom stereocenters. The Bertz CT molecular complexity index is 415. The van der Waals surface area contributed by atoms with Crippen LogP contribution in [0.2, 0.25) is 0 Å². The molecule has 0 aromatic carbocycles. The van der Waals surface area contributed by atoms with Crippen molar-refractivity contribution in [2.24, 2.45) is 5.92 Å². The lowest BCUT2D eigenvalue weighted by Gasteiger charge is -2.21. The number of rotatable bonds is 6. The molecule has 0 aliphatic carbocycles. The zero-order valence-electron chi connectivity index (χ0n) is 12.0. The number of carbonyl (C=O) groups is 1. The highest BCUT2D eigenvalue weighted by Crippen LogP contribution is 2.20. The van der Waals surface area contributed by atoms with Crippen molar-refractivity contribution < 1.29 is 14.4 Å². The summed E-state index contributed by atoms with van der Waals surface area (Å²) < 4.78 is 5.05. The fraction of sp³-hybridized carbons (Fsp3) is 0.692. The monoisotopic (exact) mass is 269 g/mol. The maximum absolute atomic E-state index is 11.9. The molecule has 6 nitrogen and oxygen atoms in total. The molecule has 0 saturated heterocycles. The lowest BCUT2D eigenvalue weighted by atomic mass is 10.0. The number of nitrogens with one attached hydrogen (secondary N) is 2. The Morgan fingerprint density at radius 1 is 1.47 bits per heavy atom. The molecule has 6 heteroatoms. The van der Waals surface area contributed by atoms with Crippen molar-refractivity contribution in [3.63, 3.8) is 0 Å². The molecule has 3 N–H and O–H groups in total. The fourth-order valence-corrected chi connectivity index (χ4v) is 1.85. The minimum atomic E-state index is -0.298. The maximum atomic E-state index is 11.9. The molecule has 0 spiro atoms. The van der Waals surface area contributed by atoms with Crippen LogP contribution in [0.25, 0.3) is 0 Å². The van der Waals surface area contributed by atoms with Crippen LogP contribution in [0.3, 0.4) is 0 Å². The van der Waals surface area contributed by atoms with Gasteiger partial charge in [-0.05, 0) is 25.7 Å². The summed E-state index contributed by atoms with van der Waals surface area (Å²) in [7, 11) is 0. The van der Waals surface area contributed by atoms with Crippen LogP contribution < -0.4 is 10.6 Å². The number of urea groups is 1. The van der Waals surface area contributed by atoms with E-state index in [1.54, 1.807) is 6.92 Å². The predicted octanol–water partition coefficient (Wildman–Crippen LogP) is 2.07. The van der Waals surface area contributed by atoms with Gasteiger partial charge in [-0.3, -0.25) is 0 Å². The molecule has 2 amide bonds. The van der Waals surface area contributed by atoms with Crippen molar-refractivity contribution in [1.82, 2.24) is 10.5 Å². The van der Waals surface area contributed by atoms with Crippen molar-refractivity contribution in [2.45, 2.75) is 46.6 Å². The third-order valence-corrected chi connectivity index (χ3v) is 3.07. The second-order valence-corrected chi connectivity index (χ2v) is 4.88. The van der Waals surface area contributed by atoms with Gasteiger partial charge in [0.15, 0.2) is 5.76 Å². The average molecular weight is 269 g/mol. The summed E-state index contributed by atoms with van der Waals surface area (Å²) in [4.78, 5) is 11.9. The molecular weight excluding hydrogens is 246 g/mol. The molecule has 108 valence electrons. The molecule has 0 bridgehead atoms. The van der Waals surface area contributed by atoms with Gasteiger partial charge >= 0.3 is 6.03 Å². The zero-order valence-corrected chi connectivity index (χ0v) is 12.0. The molecular formula is C13H23N3O3. The highest BCUT2D eigenvalue weighted by Gasteiger charge is 2.18. The van der Waals surface area contributed by atoms with Crippen LogP contribution in [-0.4, -0.2) is 28.9 Å². The van der Waals surface area contributed by atoms with Gasteiger partial charge in [-0.2, -0.15) is 0 Å². The second-order valence-electron chi connectivity index (χ2n) is 4.88. The number of aliphatic hydroxyl groups excluding tert-OH is 1. The van der Waals surface area contributed by atoms with E-state index >= 15 is 0 Å². The summed E-state index contributed by atoms with van der Waals surface area (Å²) in [5.74, 6) is 0.849. The molecule has 19 heavy (non-hydrogen) atoms.